The molecule has 0 bridgehead atoms. The first-order valence-corrected chi connectivity index (χ1v) is 8.48. The molecular weight excluding hydrogens is 326 g/mol. The van der Waals surface area contributed by atoms with E-state index in [9.17, 15) is 14.4 Å². The number of amides is 2. The molecular formula is C18H13NO4S. The molecule has 0 spiro atoms. The second-order valence-electron chi connectivity index (χ2n) is 5.67. The Morgan fingerprint density at radius 1 is 0.958 bits per heavy atom. The van der Waals surface area contributed by atoms with Crippen molar-refractivity contribution < 1.29 is 19.2 Å². The van der Waals surface area contributed by atoms with Crippen LogP contribution < -0.4 is 0 Å². The van der Waals surface area contributed by atoms with Gasteiger partial charge in [0, 0.05) is 10.1 Å². The van der Waals surface area contributed by atoms with E-state index in [1.54, 1.807) is 36.0 Å². The molecule has 0 radical (unpaired) electrons. The first-order chi connectivity index (χ1) is 11.6. The largest absolute Gasteiger partial charge is 0.363 e. The summed E-state index contributed by atoms with van der Waals surface area (Å²) in [5.41, 5.74) is 0.782. The predicted octanol–water partition coefficient (Wildman–Crippen LogP) is 3.31. The molecule has 120 valence electrons. The molecule has 2 aromatic carbocycles. The summed E-state index contributed by atoms with van der Waals surface area (Å²) < 4.78 is 0. The minimum atomic E-state index is -0.729. The van der Waals surface area contributed by atoms with E-state index < -0.39 is 17.8 Å². The Hall–Kier alpha value is -2.60. The highest BCUT2D eigenvalue weighted by molar-refractivity contribution is 8.00. The molecule has 24 heavy (non-hydrogen) atoms. The van der Waals surface area contributed by atoms with Gasteiger partial charge in [0.2, 0.25) is 0 Å². The van der Waals surface area contributed by atoms with Gasteiger partial charge >= 0.3 is 5.97 Å². The number of nitrogens with zero attached hydrogens (tertiary/aromatic N) is 1. The first kappa shape index (κ1) is 15.0. The van der Waals surface area contributed by atoms with Gasteiger partial charge in [-0.2, -0.15) is 0 Å². The molecule has 0 saturated heterocycles. The molecule has 2 aromatic rings. The number of carbonyl (C=O) groups excluding carboxylic acids is 3. The SMILES string of the molecule is O=C(ON1C(=O)c2ccccc2C1=O)c1ccc(SC2CC2)cc1. The molecule has 1 heterocycles. The lowest BCUT2D eigenvalue weighted by Crippen LogP contribution is -2.32. The van der Waals surface area contributed by atoms with Crippen molar-refractivity contribution in [3.8, 4) is 0 Å². The molecule has 6 heteroatoms. The summed E-state index contributed by atoms with van der Waals surface area (Å²) in [6.07, 6.45) is 2.46. The van der Waals surface area contributed by atoms with Gasteiger partial charge in [0.1, 0.15) is 0 Å². The van der Waals surface area contributed by atoms with E-state index in [0.29, 0.717) is 15.9 Å². The van der Waals surface area contributed by atoms with Gasteiger partial charge in [-0.05, 0) is 49.2 Å². The quantitative estimate of drug-likeness (QED) is 0.800. The molecule has 5 nitrogen and oxygen atoms in total. The first-order valence-electron chi connectivity index (χ1n) is 7.60. The summed E-state index contributed by atoms with van der Waals surface area (Å²) in [7, 11) is 0. The van der Waals surface area contributed by atoms with Crippen molar-refractivity contribution in [3.05, 3.63) is 65.2 Å². The average molecular weight is 339 g/mol. The number of thioether (sulfide) groups is 1. The van der Waals surface area contributed by atoms with E-state index in [4.69, 9.17) is 4.84 Å². The number of imide groups is 1. The topological polar surface area (TPSA) is 63.7 Å². The maximum atomic E-state index is 12.2. The van der Waals surface area contributed by atoms with Crippen molar-refractivity contribution in [2.45, 2.75) is 23.0 Å². The monoisotopic (exact) mass is 339 g/mol. The lowest BCUT2D eigenvalue weighted by molar-refractivity contribution is -0.0584. The van der Waals surface area contributed by atoms with Crippen LogP contribution in [-0.4, -0.2) is 28.1 Å². The van der Waals surface area contributed by atoms with Crippen LogP contribution in [-0.2, 0) is 4.84 Å². The number of hydrogen-bond acceptors (Lipinski definition) is 5. The van der Waals surface area contributed by atoms with Crippen LogP contribution in [0.2, 0.25) is 0 Å². The fourth-order valence-electron chi connectivity index (χ4n) is 2.43. The number of fused-ring (bicyclic) bond motifs is 1. The molecule has 0 atom stereocenters. The molecule has 2 aliphatic rings. The van der Waals surface area contributed by atoms with Crippen LogP contribution in [0.3, 0.4) is 0 Å². The van der Waals surface area contributed by atoms with Crippen LogP contribution >= 0.6 is 11.8 Å². The van der Waals surface area contributed by atoms with Crippen LogP contribution in [0.15, 0.2) is 53.4 Å². The van der Waals surface area contributed by atoms with Crippen molar-refractivity contribution in [1.29, 1.82) is 0 Å². The smallest absolute Gasteiger partial charge is 0.324 e. The van der Waals surface area contributed by atoms with E-state index in [2.05, 4.69) is 0 Å². The van der Waals surface area contributed by atoms with Crippen LogP contribution in [0.1, 0.15) is 43.9 Å². The molecule has 0 aromatic heterocycles. The molecule has 1 fully saturated rings. The highest BCUT2D eigenvalue weighted by Gasteiger charge is 2.38. The molecule has 1 saturated carbocycles. The van der Waals surface area contributed by atoms with Gasteiger partial charge in [0.05, 0.1) is 16.7 Å². The molecule has 2 amide bonds. The third-order valence-corrected chi connectivity index (χ3v) is 5.20. The van der Waals surface area contributed by atoms with E-state index >= 15 is 0 Å². The Labute approximate surface area is 142 Å². The predicted molar refractivity (Wildman–Crippen MR) is 87.7 cm³/mol. The van der Waals surface area contributed by atoms with E-state index in [1.165, 1.54) is 25.0 Å². The molecule has 0 N–H and O–H groups in total. The van der Waals surface area contributed by atoms with Gasteiger partial charge in [0.25, 0.3) is 11.8 Å². The third kappa shape index (κ3) is 2.69. The van der Waals surface area contributed by atoms with Gasteiger partial charge < -0.3 is 4.84 Å². The van der Waals surface area contributed by atoms with E-state index in [-0.39, 0.29) is 11.1 Å². The standard InChI is InChI=1S/C18H13NO4S/c20-16-14-3-1-2-4-15(14)17(21)19(16)23-18(22)11-5-7-12(8-6-11)24-13-9-10-13/h1-8,13H,9-10H2. The summed E-state index contributed by atoms with van der Waals surface area (Å²) in [5, 5.41) is 1.21. The molecule has 1 aliphatic heterocycles. The zero-order valence-electron chi connectivity index (χ0n) is 12.6. The zero-order chi connectivity index (χ0) is 16.7. The van der Waals surface area contributed by atoms with Crippen LogP contribution in [0.5, 0.6) is 0 Å². The normalized spacial score (nSPS) is 16.2. The number of rotatable bonds is 4. The van der Waals surface area contributed by atoms with Crippen LogP contribution in [0, 0.1) is 0 Å². The number of carbonyl (C=O) groups is 3. The molecule has 4 rings (SSSR count). The van der Waals surface area contributed by atoms with Gasteiger partial charge in [-0.15, -0.1) is 11.8 Å². The van der Waals surface area contributed by atoms with Gasteiger partial charge in [-0.25, -0.2) is 4.79 Å². The molecule has 0 unspecified atom stereocenters. The van der Waals surface area contributed by atoms with Crippen molar-refractivity contribution >= 4 is 29.5 Å². The lowest BCUT2D eigenvalue weighted by atomic mass is 10.1. The Morgan fingerprint density at radius 2 is 1.54 bits per heavy atom. The fourth-order valence-corrected chi connectivity index (χ4v) is 3.48. The Balaban J connectivity index is 1.48. The summed E-state index contributed by atoms with van der Waals surface area (Å²) in [6.45, 7) is 0. The van der Waals surface area contributed by atoms with Gasteiger partial charge in [-0.1, -0.05) is 17.2 Å². The Kier molecular flexibility index (Phi) is 3.61. The highest BCUT2D eigenvalue weighted by Crippen LogP contribution is 2.39. The van der Waals surface area contributed by atoms with Gasteiger partial charge in [-0.3, -0.25) is 9.59 Å². The number of hydroxylamine groups is 2. The minimum Gasteiger partial charge on any atom is -0.324 e. The second kappa shape index (κ2) is 5.79. The Morgan fingerprint density at radius 3 is 2.08 bits per heavy atom. The summed E-state index contributed by atoms with van der Waals surface area (Å²) in [4.78, 5) is 42.7. The van der Waals surface area contributed by atoms with Crippen LogP contribution in [0.4, 0.5) is 0 Å². The molecule has 1 aliphatic carbocycles. The van der Waals surface area contributed by atoms with Gasteiger partial charge in [0.15, 0.2) is 0 Å². The number of hydrogen-bond donors (Lipinski definition) is 0. The van der Waals surface area contributed by atoms with E-state index in [1.807, 2.05) is 12.1 Å². The maximum Gasteiger partial charge on any atom is 0.363 e. The summed E-state index contributed by atoms with van der Waals surface area (Å²) in [6, 6.07) is 13.4. The average Bonchev–Trinajstić information content (AvgIpc) is 3.39. The van der Waals surface area contributed by atoms with Crippen molar-refractivity contribution in [3.63, 3.8) is 0 Å². The lowest BCUT2D eigenvalue weighted by Gasteiger charge is -2.12. The van der Waals surface area contributed by atoms with Crippen LogP contribution in [0.25, 0.3) is 0 Å². The minimum absolute atomic E-state index is 0.242. The summed E-state index contributed by atoms with van der Waals surface area (Å²) >= 11 is 1.78. The number of benzene rings is 2. The fraction of sp³-hybridized carbons (Fsp3) is 0.167. The second-order valence-corrected chi connectivity index (χ2v) is 7.04. The third-order valence-electron chi connectivity index (χ3n) is 3.85. The summed E-state index contributed by atoms with van der Waals surface area (Å²) in [5.74, 6) is -1.97. The zero-order valence-corrected chi connectivity index (χ0v) is 13.4. The Bertz CT molecular complexity index is 807. The maximum absolute atomic E-state index is 12.2. The van der Waals surface area contributed by atoms with E-state index in [0.717, 1.165) is 4.90 Å². The van der Waals surface area contributed by atoms with Crippen molar-refractivity contribution in [2.75, 3.05) is 0 Å². The highest BCUT2D eigenvalue weighted by atomic mass is 32.2. The van der Waals surface area contributed by atoms with Crippen molar-refractivity contribution in [1.82, 2.24) is 5.06 Å². The van der Waals surface area contributed by atoms with Crippen molar-refractivity contribution in [2.24, 2.45) is 0 Å².